The number of ether oxygens (including phenoxy) is 1. The molecule has 0 aliphatic heterocycles. The summed E-state index contributed by atoms with van der Waals surface area (Å²) in [6.45, 7) is 13.6. The summed E-state index contributed by atoms with van der Waals surface area (Å²) in [5, 5.41) is 0.414. The molecule has 0 radical (unpaired) electrons. The number of hydrogen-bond acceptors (Lipinski definition) is 3. The molecule has 118 valence electrons. The van der Waals surface area contributed by atoms with Crippen molar-refractivity contribution in [3.8, 4) is 0 Å². The molecule has 1 saturated carbocycles. The molecule has 1 aromatic carbocycles. The molecule has 0 saturated heterocycles. The van der Waals surface area contributed by atoms with Gasteiger partial charge in [0.25, 0.3) is 0 Å². The molecular weight excluding hydrogens is 300 g/mol. The van der Waals surface area contributed by atoms with Crippen molar-refractivity contribution in [3.05, 3.63) is 34.6 Å². The summed E-state index contributed by atoms with van der Waals surface area (Å²) in [5.74, 6) is 0.375. The van der Waals surface area contributed by atoms with Gasteiger partial charge in [-0.15, -0.1) is 0 Å². The molecule has 1 aliphatic carbocycles. The Morgan fingerprint density at radius 1 is 1.45 bits per heavy atom. The first-order valence-corrected chi connectivity index (χ1v) is 7.80. The van der Waals surface area contributed by atoms with E-state index in [0.29, 0.717) is 16.6 Å². The predicted molar refractivity (Wildman–Crippen MR) is 88.5 cm³/mol. The zero-order valence-corrected chi connectivity index (χ0v) is 14.0. The Labute approximate surface area is 136 Å². The molecule has 0 heterocycles. The van der Waals surface area contributed by atoms with E-state index in [1.54, 1.807) is 12.1 Å². The van der Waals surface area contributed by atoms with Crippen molar-refractivity contribution in [1.29, 1.82) is 0 Å². The van der Waals surface area contributed by atoms with E-state index in [9.17, 15) is 4.79 Å². The van der Waals surface area contributed by atoms with E-state index in [-0.39, 0.29) is 12.5 Å². The van der Waals surface area contributed by atoms with Gasteiger partial charge < -0.3 is 9.64 Å². The van der Waals surface area contributed by atoms with Gasteiger partial charge in [0.15, 0.2) is 0 Å². The van der Waals surface area contributed by atoms with Gasteiger partial charge in [0.05, 0.1) is 6.57 Å². The largest absolute Gasteiger partial charge is 0.459 e. The fourth-order valence-electron chi connectivity index (χ4n) is 2.19. The molecule has 0 aromatic heterocycles. The van der Waals surface area contributed by atoms with Crippen LogP contribution in [0.25, 0.3) is 4.85 Å². The number of carbonyl (C=O) groups excluding carboxylic acids is 1. The molecule has 2 rings (SSSR count). The number of carbonyl (C=O) groups is 1. The molecule has 0 unspecified atom stereocenters. The molecule has 1 fully saturated rings. The molecule has 4 nitrogen and oxygen atoms in total. The van der Waals surface area contributed by atoms with Gasteiger partial charge in [-0.3, -0.25) is 4.79 Å². The summed E-state index contributed by atoms with van der Waals surface area (Å²) in [4.78, 5) is 17.5. The number of nitrogens with zero attached hydrogens (tertiary/aromatic N) is 2. The fourth-order valence-corrected chi connectivity index (χ4v) is 2.40. The summed E-state index contributed by atoms with van der Waals surface area (Å²) in [6, 6.07) is 5.29. The third-order valence-corrected chi connectivity index (χ3v) is 3.64. The third-order valence-electron chi connectivity index (χ3n) is 3.33. The van der Waals surface area contributed by atoms with E-state index in [1.165, 1.54) is 12.8 Å². The third kappa shape index (κ3) is 4.92. The molecule has 22 heavy (non-hydrogen) atoms. The zero-order chi connectivity index (χ0) is 16.3. The lowest BCUT2D eigenvalue weighted by Gasteiger charge is -2.27. The van der Waals surface area contributed by atoms with E-state index in [0.717, 1.165) is 12.2 Å². The van der Waals surface area contributed by atoms with Crippen molar-refractivity contribution in [2.45, 2.75) is 39.2 Å². The van der Waals surface area contributed by atoms with Crippen molar-refractivity contribution < 1.29 is 9.53 Å². The highest BCUT2D eigenvalue weighted by atomic mass is 35.5. The van der Waals surface area contributed by atoms with Crippen molar-refractivity contribution in [2.75, 3.05) is 18.0 Å². The highest BCUT2D eigenvalue weighted by molar-refractivity contribution is 6.33. The second-order valence-electron chi connectivity index (χ2n) is 6.66. The maximum absolute atomic E-state index is 12.1. The van der Waals surface area contributed by atoms with Gasteiger partial charge in [-0.2, -0.15) is 0 Å². The van der Waals surface area contributed by atoms with Crippen LogP contribution in [0.15, 0.2) is 18.2 Å². The van der Waals surface area contributed by atoms with Crippen LogP contribution in [0.4, 0.5) is 11.4 Å². The number of benzene rings is 1. The Morgan fingerprint density at radius 3 is 2.64 bits per heavy atom. The van der Waals surface area contributed by atoms with E-state index in [2.05, 4.69) is 4.85 Å². The zero-order valence-electron chi connectivity index (χ0n) is 13.2. The van der Waals surface area contributed by atoms with Crippen LogP contribution < -0.4 is 4.90 Å². The number of rotatable bonds is 5. The Hall–Kier alpha value is -1.73. The summed E-state index contributed by atoms with van der Waals surface area (Å²) in [7, 11) is 0. The number of halogens is 1. The number of esters is 1. The maximum atomic E-state index is 12.1. The van der Waals surface area contributed by atoms with E-state index in [4.69, 9.17) is 22.9 Å². The van der Waals surface area contributed by atoms with Crippen LogP contribution in [0.2, 0.25) is 5.02 Å². The van der Waals surface area contributed by atoms with Gasteiger partial charge in [-0.1, -0.05) is 17.7 Å². The second-order valence-corrected chi connectivity index (χ2v) is 7.07. The quantitative estimate of drug-likeness (QED) is 0.593. The molecule has 0 amide bonds. The lowest BCUT2D eigenvalue weighted by Crippen LogP contribution is -2.36. The smallest absolute Gasteiger partial charge is 0.326 e. The molecule has 5 heteroatoms. The van der Waals surface area contributed by atoms with Crippen molar-refractivity contribution in [3.63, 3.8) is 0 Å². The fraction of sp³-hybridized carbons (Fsp3) is 0.529. The van der Waals surface area contributed by atoms with E-state index in [1.807, 2.05) is 31.7 Å². The first kappa shape index (κ1) is 16.6. The summed E-state index contributed by atoms with van der Waals surface area (Å²) >= 11 is 6.11. The molecule has 1 aliphatic rings. The average Bonchev–Trinajstić information content (AvgIpc) is 3.19. The van der Waals surface area contributed by atoms with Gasteiger partial charge in [0.2, 0.25) is 5.69 Å². The first-order chi connectivity index (χ1) is 10.3. The Morgan fingerprint density at radius 2 is 2.14 bits per heavy atom. The molecule has 0 N–H and O–H groups in total. The van der Waals surface area contributed by atoms with Gasteiger partial charge in [0, 0.05) is 17.3 Å². The minimum absolute atomic E-state index is 0.196. The standard InChI is InChI=1S/C17H21ClN2O2/c1-17(2,3)22-16(21)11-20(10-12-5-6-12)13-7-8-15(19-4)14(18)9-13/h7-9,12H,5-6,10-11H2,1-3H3. The van der Waals surface area contributed by atoms with E-state index < -0.39 is 5.60 Å². The van der Waals surface area contributed by atoms with Crippen LogP contribution in [0, 0.1) is 12.5 Å². The van der Waals surface area contributed by atoms with Crippen molar-refractivity contribution in [2.24, 2.45) is 5.92 Å². The minimum atomic E-state index is -0.492. The van der Waals surface area contributed by atoms with Crippen LogP contribution in [-0.4, -0.2) is 24.7 Å². The summed E-state index contributed by atoms with van der Waals surface area (Å²) in [5.41, 5.74) is 0.790. The Bertz CT molecular complexity index is 598. The SMILES string of the molecule is [C-]#[N+]c1ccc(N(CC(=O)OC(C)(C)C)CC2CC2)cc1Cl. The van der Waals surface area contributed by atoms with Gasteiger partial charge in [0.1, 0.15) is 12.1 Å². The molecule has 1 aromatic rings. The molecule has 0 bridgehead atoms. The predicted octanol–water partition coefficient (Wildman–Crippen LogP) is 4.45. The maximum Gasteiger partial charge on any atom is 0.326 e. The normalized spacial score (nSPS) is 14.3. The molecule has 0 spiro atoms. The minimum Gasteiger partial charge on any atom is -0.459 e. The van der Waals surface area contributed by atoms with Gasteiger partial charge in [-0.25, -0.2) is 4.85 Å². The highest BCUT2D eigenvalue weighted by Crippen LogP contribution is 2.34. The monoisotopic (exact) mass is 320 g/mol. The lowest BCUT2D eigenvalue weighted by molar-refractivity contribution is -0.153. The van der Waals surface area contributed by atoms with Crippen LogP contribution in [0.3, 0.4) is 0 Å². The van der Waals surface area contributed by atoms with Crippen molar-refractivity contribution >= 4 is 28.9 Å². The topological polar surface area (TPSA) is 33.9 Å². The van der Waals surface area contributed by atoms with Crippen LogP contribution in [0.1, 0.15) is 33.6 Å². The average molecular weight is 321 g/mol. The summed E-state index contributed by atoms with van der Waals surface area (Å²) in [6.07, 6.45) is 2.39. The van der Waals surface area contributed by atoms with Gasteiger partial charge >= 0.3 is 5.97 Å². The first-order valence-electron chi connectivity index (χ1n) is 7.42. The van der Waals surface area contributed by atoms with Crippen molar-refractivity contribution in [1.82, 2.24) is 0 Å². The summed E-state index contributed by atoms with van der Waals surface area (Å²) < 4.78 is 5.40. The van der Waals surface area contributed by atoms with Crippen LogP contribution >= 0.6 is 11.6 Å². The number of anilines is 1. The lowest BCUT2D eigenvalue weighted by atomic mass is 10.2. The Kier molecular flexibility index (Phi) is 4.97. The van der Waals surface area contributed by atoms with Crippen LogP contribution in [-0.2, 0) is 9.53 Å². The number of hydrogen-bond donors (Lipinski definition) is 0. The second kappa shape index (κ2) is 6.58. The van der Waals surface area contributed by atoms with E-state index >= 15 is 0 Å². The molecular formula is C17H21ClN2O2. The highest BCUT2D eigenvalue weighted by Gasteiger charge is 2.27. The van der Waals surface area contributed by atoms with Crippen LogP contribution in [0.5, 0.6) is 0 Å². The molecule has 0 atom stereocenters. The Balaban J connectivity index is 2.13. The van der Waals surface area contributed by atoms with Gasteiger partial charge in [-0.05, 0) is 51.7 Å².